The van der Waals surface area contributed by atoms with Crippen molar-refractivity contribution in [3.8, 4) is 0 Å². The number of rotatable bonds is 3. The number of aromatic nitrogens is 2. The van der Waals surface area contributed by atoms with Crippen LogP contribution in [-0.4, -0.2) is 20.5 Å². The van der Waals surface area contributed by atoms with E-state index in [1.807, 2.05) is 17.1 Å². The average Bonchev–Trinajstić information content (AvgIpc) is 2.71. The zero-order valence-corrected chi connectivity index (χ0v) is 10.5. The van der Waals surface area contributed by atoms with Gasteiger partial charge >= 0.3 is 0 Å². The van der Waals surface area contributed by atoms with E-state index in [4.69, 9.17) is 0 Å². The van der Waals surface area contributed by atoms with Gasteiger partial charge in [0.05, 0.1) is 11.8 Å². The van der Waals surface area contributed by atoms with Crippen LogP contribution >= 0.6 is 0 Å². The van der Waals surface area contributed by atoms with E-state index in [1.165, 1.54) is 0 Å². The Morgan fingerprint density at radius 3 is 2.69 bits per heavy atom. The number of hydrogen-bond acceptors (Lipinski definition) is 2. The quantitative estimate of drug-likeness (QED) is 0.852. The second-order valence-electron chi connectivity index (χ2n) is 5.95. The van der Waals surface area contributed by atoms with E-state index in [9.17, 15) is 5.11 Å². The molecule has 1 unspecified atom stereocenters. The minimum atomic E-state index is -0.509. The van der Waals surface area contributed by atoms with Gasteiger partial charge in [0.15, 0.2) is 0 Å². The minimum Gasteiger partial charge on any atom is -0.390 e. The summed E-state index contributed by atoms with van der Waals surface area (Å²) in [5.74, 6) is 0. The van der Waals surface area contributed by atoms with Gasteiger partial charge in [-0.25, -0.2) is 0 Å². The fourth-order valence-corrected chi connectivity index (χ4v) is 2.84. The lowest BCUT2D eigenvalue weighted by atomic mass is 9.87. The molecule has 1 N–H and O–H groups in total. The maximum atomic E-state index is 10.5. The maximum absolute atomic E-state index is 10.5. The standard InChI is InChI=1S/C13H22N2O/c1-4-15-9-11(8-14-15)7-13(16)6-5-12(2,3)10-13/h8-9,16H,4-7,10H2,1-3H3. The van der Waals surface area contributed by atoms with Crippen LogP contribution in [0.3, 0.4) is 0 Å². The monoisotopic (exact) mass is 222 g/mol. The molecule has 1 aromatic rings. The largest absolute Gasteiger partial charge is 0.390 e. The lowest BCUT2D eigenvalue weighted by Gasteiger charge is -2.24. The first kappa shape index (κ1) is 11.6. The van der Waals surface area contributed by atoms with Crippen LogP contribution in [0.15, 0.2) is 12.4 Å². The van der Waals surface area contributed by atoms with Gasteiger partial charge in [-0.05, 0) is 37.2 Å². The third-order valence-electron chi connectivity index (χ3n) is 3.62. The van der Waals surface area contributed by atoms with E-state index in [2.05, 4.69) is 25.9 Å². The molecule has 0 spiro atoms. The second kappa shape index (κ2) is 3.88. The van der Waals surface area contributed by atoms with Crippen LogP contribution in [0.1, 0.15) is 45.6 Å². The van der Waals surface area contributed by atoms with Crippen LogP contribution in [0.4, 0.5) is 0 Å². The van der Waals surface area contributed by atoms with Gasteiger partial charge in [0.1, 0.15) is 0 Å². The van der Waals surface area contributed by atoms with Gasteiger partial charge in [0, 0.05) is 19.2 Å². The fourth-order valence-electron chi connectivity index (χ4n) is 2.84. The van der Waals surface area contributed by atoms with Gasteiger partial charge < -0.3 is 5.11 Å². The van der Waals surface area contributed by atoms with Crippen LogP contribution in [0.25, 0.3) is 0 Å². The average molecular weight is 222 g/mol. The molecule has 0 amide bonds. The molecule has 2 rings (SSSR count). The third-order valence-corrected chi connectivity index (χ3v) is 3.62. The summed E-state index contributed by atoms with van der Waals surface area (Å²) in [6.45, 7) is 7.44. The highest BCUT2D eigenvalue weighted by Gasteiger charge is 2.41. The van der Waals surface area contributed by atoms with E-state index in [-0.39, 0.29) is 5.41 Å². The van der Waals surface area contributed by atoms with Crippen LogP contribution in [0.5, 0.6) is 0 Å². The first-order valence-corrected chi connectivity index (χ1v) is 6.16. The normalized spacial score (nSPS) is 28.5. The zero-order chi connectivity index (χ0) is 11.8. The predicted molar refractivity (Wildman–Crippen MR) is 64.2 cm³/mol. The van der Waals surface area contributed by atoms with E-state index in [0.717, 1.165) is 37.8 Å². The molecule has 0 bridgehead atoms. The van der Waals surface area contributed by atoms with Crippen LogP contribution < -0.4 is 0 Å². The molecular weight excluding hydrogens is 200 g/mol. The molecule has 0 radical (unpaired) electrons. The molecule has 3 heteroatoms. The second-order valence-corrected chi connectivity index (χ2v) is 5.95. The Labute approximate surface area is 97.5 Å². The van der Waals surface area contributed by atoms with Gasteiger partial charge in [-0.1, -0.05) is 13.8 Å². The number of nitrogens with zero attached hydrogens (tertiary/aromatic N) is 2. The van der Waals surface area contributed by atoms with Crippen molar-refractivity contribution < 1.29 is 5.11 Å². The molecule has 0 aromatic carbocycles. The lowest BCUT2D eigenvalue weighted by Crippen LogP contribution is -2.28. The van der Waals surface area contributed by atoms with Gasteiger partial charge in [-0.3, -0.25) is 4.68 Å². The van der Waals surface area contributed by atoms with Crippen molar-refractivity contribution in [2.45, 2.75) is 58.6 Å². The van der Waals surface area contributed by atoms with Crippen molar-refractivity contribution in [1.82, 2.24) is 9.78 Å². The van der Waals surface area contributed by atoms with Crippen LogP contribution in [-0.2, 0) is 13.0 Å². The number of aliphatic hydroxyl groups is 1. The molecule has 0 saturated heterocycles. The topological polar surface area (TPSA) is 38.0 Å². The Hall–Kier alpha value is -0.830. The highest BCUT2D eigenvalue weighted by Crippen LogP contribution is 2.44. The Balaban J connectivity index is 2.04. The highest BCUT2D eigenvalue weighted by atomic mass is 16.3. The van der Waals surface area contributed by atoms with Crippen molar-refractivity contribution in [2.24, 2.45) is 5.41 Å². The Morgan fingerprint density at radius 2 is 2.19 bits per heavy atom. The summed E-state index contributed by atoms with van der Waals surface area (Å²) in [5.41, 5.74) is 0.933. The van der Waals surface area contributed by atoms with Crippen molar-refractivity contribution in [2.75, 3.05) is 0 Å². The smallest absolute Gasteiger partial charge is 0.0694 e. The van der Waals surface area contributed by atoms with Gasteiger partial charge in [-0.15, -0.1) is 0 Å². The van der Waals surface area contributed by atoms with Crippen LogP contribution in [0.2, 0.25) is 0 Å². The Morgan fingerprint density at radius 1 is 1.44 bits per heavy atom. The summed E-state index contributed by atoms with van der Waals surface area (Å²) in [5, 5.41) is 14.8. The number of aryl methyl sites for hydroxylation is 1. The van der Waals surface area contributed by atoms with Crippen molar-refractivity contribution >= 4 is 0 Å². The maximum Gasteiger partial charge on any atom is 0.0694 e. The van der Waals surface area contributed by atoms with Gasteiger partial charge in [0.25, 0.3) is 0 Å². The molecule has 0 aliphatic heterocycles. The molecule has 90 valence electrons. The first-order valence-electron chi connectivity index (χ1n) is 6.16. The van der Waals surface area contributed by atoms with Crippen molar-refractivity contribution in [3.05, 3.63) is 18.0 Å². The molecule has 16 heavy (non-hydrogen) atoms. The van der Waals surface area contributed by atoms with Crippen molar-refractivity contribution in [3.63, 3.8) is 0 Å². The summed E-state index contributed by atoms with van der Waals surface area (Å²) < 4.78 is 1.92. The Kier molecular flexibility index (Phi) is 2.82. The number of hydrogen-bond donors (Lipinski definition) is 1. The summed E-state index contributed by atoms with van der Waals surface area (Å²) in [6.07, 6.45) is 7.60. The van der Waals surface area contributed by atoms with E-state index >= 15 is 0 Å². The zero-order valence-electron chi connectivity index (χ0n) is 10.5. The molecule has 1 atom stereocenters. The molecule has 1 fully saturated rings. The van der Waals surface area contributed by atoms with E-state index in [0.29, 0.717) is 0 Å². The van der Waals surface area contributed by atoms with E-state index in [1.54, 1.807) is 0 Å². The SMILES string of the molecule is CCn1cc(CC2(O)CCC(C)(C)C2)cn1. The molecule has 1 aromatic heterocycles. The molecule has 1 aliphatic carbocycles. The highest BCUT2D eigenvalue weighted by molar-refractivity contribution is 5.10. The Bertz CT molecular complexity index is 370. The van der Waals surface area contributed by atoms with E-state index < -0.39 is 5.60 Å². The van der Waals surface area contributed by atoms with Gasteiger partial charge in [0.2, 0.25) is 0 Å². The summed E-state index contributed by atoms with van der Waals surface area (Å²) in [4.78, 5) is 0. The lowest BCUT2D eigenvalue weighted by molar-refractivity contribution is 0.0379. The summed E-state index contributed by atoms with van der Waals surface area (Å²) in [7, 11) is 0. The summed E-state index contributed by atoms with van der Waals surface area (Å²) >= 11 is 0. The summed E-state index contributed by atoms with van der Waals surface area (Å²) in [6, 6.07) is 0. The van der Waals surface area contributed by atoms with Crippen LogP contribution in [0, 0.1) is 5.41 Å². The third kappa shape index (κ3) is 2.46. The minimum absolute atomic E-state index is 0.287. The fraction of sp³-hybridized carbons (Fsp3) is 0.769. The van der Waals surface area contributed by atoms with Crippen molar-refractivity contribution in [1.29, 1.82) is 0 Å². The molecular formula is C13H22N2O. The van der Waals surface area contributed by atoms with Gasteiger partial charge in [-0.2, -0.15) is 5.10 Å². The first-order chi connectivity index (χ1) is 7.42. The molecule has 3 nitrogen and oxygen atoms in total. The molecule has 1 heterocycles. The molecule has 1 aliphatic rings. The molecule has 1 saturated carbocycles. The predicted octanol–water partition coefficient (Wildman–Crippen LogP) is 2.39.